The topological polar surface area (TPSA) is 61.3 Å². The van der Waals surface area contributed by atoms with Gasteiger partial charge in [-0.1, -0.05) is 0 Å². The number of rotatable bonds is 3. The van der Waals surface area contributed by atoms with Crippen LogP contribution in [0.4, 0.5) is 17.5 Å². The van der Waals surface area contributed by atoms with E-state index in [1.807, 2.05) is 38.9 Å². The molecule has 140 valence electrons. The smallest absolute Gasteiger partial charge is 0.225 e. The van der Waals surface area contributed by atoms with Gasteiger partial charge in [0.2, 0.25) is 5.95 Å². The van der Waals surface area contributed by atoms with E-state index in [9.17, 15) is 0 Å². The minimum Gasteiger partial charge on any atom is -0.368 e. The lowest BCUT2D eigenvalue weighted by molar-refractivity contribution is 0.638. The van der Waals surface area contributed by atoms with Crippen molar-refractivity contribution in [3.8, 4) is 0 Å². The fraction of sp³-hybridized carbons (Fsp3) is 0.400. The fourth-order valence-corrected chi connectivity index (χ4v) is 3.60. The first kappa shape index (κ1) is 17.5. The first-order chi connectivity index (χ1) is 13.0. The summed E-state index contributed by atoms with van der Waals surface area (Å²) >= 11 is 0. The van der Waals surface area contributed by atoms with Crippen LogP contribution in [0.1, 0.15) is 11.4 Å². The third kappa shape index (κ3) is 3.49. The predicted octanol–water partition coefficient (Wildman–Crippen LogP) is 2.43. The summed E-state index contributed by atoms with van der Waals surface area (Å²) in [6, 6.07) is 8.45. The Kier molecular flexibility index (Phi) is 4.51. The molecule has 4 rings (SSSR count). The molecule has 0 saturated carbocycles. The van der Waals surface area contributed by atoms with Gasteiger partial charge in [0.25, 0.3) is 0 Å². The largest absolute Gasteiger partial charge is 0.368 e. The second-order valence-electron chi connectivity index (χ2n) is 7.22. The Morgan fingerprint density at radius 2 is 1.52 bits per heavy atom. The monoisotopic (exact) mass is 363 g/mol. The summed E-state index contributed by atoms with van der Waals surface area (Å²) in [6.07, 6.45) is 1.62. The Balaban J connectivity index is 1.55. The van der Waals surface area contributed by atoms with Crippen LogP contribution in [0.2, 0.25) is 0 Å². The van der Waals surface area contributed by atoms with E-state index in [0.29, 0.717) is 0 Å². The van der Waals surface area contributed by atoms with E-state index in [0.717, 1.165) is 60.2 Å². The Hall–Kier alpha value is -2.96. The van der Waals surface area contributed by atoms with Crippen molar-refractivity contribution in [1.29, 1.82) is 0 Å². The molecular formula is C20H25N7. The van der Waals surface area contributed by atoms with Crippen molar-refractivity contribution in [2.24, 2.45) is 0 Å². The first-order valence-electron chi connectivity index (χ1n) is 9.25. The quantitative estimate of drug-likeness (QED) is 0.708. The molecule has 7 nitrogen and oxygen atoms in total. The van der Waals surface area contributed by atoms with Gasteiger partial charge in [0.15, 0.2) is 0 Å². The van der Waals surface area contributed by atoms with Crippen molar-refractivity contribution >= 4 is 28.4 Å². The Morgan fingerprint density at radius 3 is 2.19 bits per heavy atom. The van der Waals surface area contributed by atoms with Crippen LogP contribution in [0, 0.1) is 13.8 Å². The summed E-state index contributed by atoms with van der Waals surface area (Å²) in [7, 11) is 4.02. The SMILES string of the molecule is Cc1cc(C)nc(N2CCN(c3ccc4ncnc(N(C)C)c4c3)CC2)n1. The number of anilines is 3. The van der Waals surface area contributed by atoms with Crippen LogP contribution < -0.4 is 14.7 Å². The molecule has 0 unspecified atom stereocenters. The van der Waals surface area contributed by atoms with Crippen molar-refractivity contribution in [2.45, 2.75) is 13.8 Å². The number of hydrogen-bond donors (Lipinski definition) is 0. The van der Waals surface area contributed by atoms with Gasteiger partial charge < -0.3 is 14.7 Å². The van der Waals surface area contributed by atoms with Crippen molar-refractivity contribution in [3.63, 3.8) is 0 Å². The summed E-state index contributed by atoms with van der Waals surface area (Å²) < 4.78 is 0. The summed E-state index contributed by atoms with van der Waals surface area (Å²) in [5, 5.41) is 1.08. The van der Waals surface area contributed by atoms with Crippen LogP contribution in [0.5, 0.6) is 0 Å². The van der Waals surface area contributed by atoms with Gasteiger partial charge in [-0.05, 0) is 38.1 Å². The molecule has 3 aromatic rings. The highest BCUT2D eigenvalue weighted by Crippen LogP contribution is 2.27. The third-order valence-electron chi connectivity index (χ3n) is 4.92. The molecule has 1 fully saturated rings. The zero-order chi connectivity index (χ0) is 19.0. The van der Waals surface area contributed by atoms with E-state index in [2.05, 4.69) is 47.9 Å². The van der Waals surface area contributed by atoms with Crippen LogP contribution in [0.15, 0.2) is 30.6 Å². The van der Waals surface area contributed by atoms with Gasteiger partial charge in [-0.15, -0.1) is 0 Å². The number of hydrogen-bond acceptors (Lipinski definition) is 7. The van der Waals surface area contributed by atoms with E-state index in [-0.39, 0.29) is 0 Å². The lowest BCUT2D eigenvalue weighted by Crippen LogP contribution is -2.47. The van der Waals surface area contributed by atoms with Gasteiger partial charge in [0.05, 0.1) is 5.52 Å². The third-order valence-corrected chi connectivity index (χ3v) is 4.92. The zero-order valence-corrected chi connectivity index (χ0v) is 16.3. The van der Waals surface area contributed by atoms with Gasteiger partial charge in [-0.25, -0.2) is 19.9 Å². The molecule has 0 bridgehead atoms. The molecule has 0 amide bonds. The number of fused-ring (bicyclic) bond motifs is 1. The van der Waals surface area contributed by atoms with Gasteiger partial charge in [-0.2, -0.15) is 0 Å². The summed E-state index contributed by atoms with van der Waals surface area (Å²) in [4.78, 5) is 24.7. The van der Waals surface area contributed by atoms with Crippen LogP contribution in [-0.2, 0) is 0 Å². The molecule has 2 aromatic heterocycles. The number of aromatic nitrogens is 4. The fourth-order valence-electron chi connectivity index (χ4n) is 3.60. The molecule has 0 N–H and O–H groups in total. The normalized spacial score (nSPS) is 14.7. The molecule has 0 radical (unpaired) electrons. The van der Waals surface area contributed by atoms with E-state index < -0.39 is 0 Å². The van der Waals surface area contributed by atoms with Crippen LogP contribution in [0.3, 0.4) is 0 Å². The molecule has 7 heteroatoms. The van der Waals surface area contributed by atoms with Crippen molar-refractivity contribution < 1.29 is 0 Å². The zero-order valence-electron chi connectivity index (χ0n) is 16.3. The number of piperazine rings is 1. The first-order valence-corrected chi connectivity index (χ1v) is 9.25. The molecule has 0 atom stereocenters. The minimum atomic E-state index is 0.842. The maximum Gasteiger partial charge on any atom is 0.225 e. The number of benzene rings is 1. The summed E-state index contributed by atoms with van der Waals surface area (Å²) in [6.45, 7) is 7.74. The highest BCUT2D eigenvalue weighted by Gasteiger charge is 2.20. The van der Waals surface area contributed by atoms with Gasteiger partial charge >= 0.3 is 0 Å². The maximum absolute atomic E-state index is 4.60. The highest BCUT2D eigenvalue weighted by molar-refractivity contribution is 5.91. The second-order valence-corrected chi connectivity index (χ2v) is 7.22. The van der Waals surface area contributed by atoms with Gasteiger partial charge in [0.1, 0.15) is 12.1 Å². The van der Waals surface area contributed by atoms with Gasteiger partial charge in [-0.3, -0.25) is 0 Å². The van der Waals surface area contributed by atoms with Crippen LogP contribution >= 0.6 is 0 Å². The average molecular weight is 363 g/mol. The molecule has 0 aliphatic carbocycles. The molecular weight excluding hydrogens is 338 g/mol. The van der Waals surface area contributed by atoms with E-state index >= 15 is 0 Å². The summed E-state index contributed by atoms with van der Waals surface area (Å²) in [5.74, 6) is 1.79. The standard InChI is InChI=1S/C20H25N7/c1-14-11-15(2)24-20(23-14)27-9-7-26(8-10-27)16-5-6-18-17(12-16)19(25(3)4)22-13-21-18/h5-6,11-13H,7-10H2,1-4H3. The van der Waals surface area contributed by atoms with Crippen molar-refractivity contribution in [1.82, 2.24) is 19.9 Å². The molecule has 1 saturated heterocycles. The molecule has 27 heavy (non-hydrogen) atoms. The Morgan fingerprint density at radius 1 is 0.852 bits per heavy atom. The Bertz CT molecular complexity index is 941. The number of nitrogens with zero attached hydrogens (tertiary/aromatic N) is 7. The van der Waals surface area contributed by atoms with Crippen LogP contribution in [-0.4, -0.2) is 60.2 Å². The van der Waals surface area contributed by atoms with E-state index in [4.69, 9.17) is 0 Å². The summed E-state index contributed by atoms with van der Waals surface area (Å²) in [5.41, 5.74) is 4.22. The lowest BCUT2D eigenvalue weighted by Gasteiger charge is -2.36. The molecule has 1 aromatic carbocycles. The molecule has 1 aliphatic heterocycles. The van der Waals surface area contributed by atoms with Crippen molar-refractivity contribution in [3.05, 3.63) is 42.0 Å². The average Bonchev–Trinajstić information content (AvgIpc) is 2.66. The van der Waals surface area contributed by atoms with Crippen LogP contribution in [0.25, 0.3) is 10.9 Å². The van der Waals surface area contributed by atoms with Gasteiger partial charge in [0, 0.05) is 62.7 Å². The predicted molar refractivity (Wildman–Crippen MR) is 110 cm³/mol. The van der Waals surface area contributed by atoms with E-state index in [1.165, 1.54) is 5.69 Å². The molecule has 3 heterocycles. The second kappa shape index (κ2) is 6.98. The molecule has 1 aliphatic rings. The maximum atomic E-state index is 4.60. The van der Waals surface area contributed by atoms with Crippen molar-refractivity contribution in [2.75, 3.05) is 55.0 Å². The highest BCUT2D eigenvalue weighted by atomic mass is 15.3. The number of aryl methyl sites for hydroxylation is 2. The van der Waals surface area contributed by atoms with E-state index in [1.54, 1.807) is 6.33 Å². The lowest BCUT2D eigenvalue weighted by atomic mass is 10.1. The minimum absolute atomic E-state index is 0.842. The molecule has 0 spiro atoms. The Labute approximate surface area is 159 Å².